The summed E-state index contributed by atoms with van der Waals surface area (Å²) in [5.41, 5.74) is 10.8. The van der Waals surface area contributed by atoms with Crippen molar-refractivity contribution in [3.8, 4) is 5.75 Å². The number of halogens is 1. The molecule has 2 aromatic rings. The van der Waals surface area contributed by atoms with Gasteiger partial charge in [0.05, 0.1) is 6.10 Å². The highest BCUT2D eigenvalue weighted by atomic mass is 32.2. The van der Waals surface area contributed by atoms with Crippen molar-refractivity contribution >= 4 is 17.3 Å². The van der Waals surface area contributed by atoms with Crippen molar-refractivity contribution in [1.29, 1.82) is 0 Å². The van der Waals surface area contributed by atoms with Gasteiger partial charge in [-0.3, -0.25) is 0 Å². The summed E-state index contributed by atoms with van der Waals surface area (Å²) < 4.78 is 20.8. The largest absolute Gasteiger partial charge is 0.490 e. The lowest BCUT2D eigenvalue weighted by molar-refractivity contribution is 0.186. The van der Waals surface area contributed by atoms with Gasteiger partial charge in [0.15, 0.2) is 0 Å². The quantitative estimate of drug-likeness (QED) is 0.396. The topological polar surface area (TPSA) is 35.2 Å². The van der Waals surface area contributed by atoms with Crippen molar-refractivity contribution in [2.45, 2.75) is 51.0 Å². The highest BCUT2D eigenvalue weighted by Gasteiger charge is 2.23. The summed E-state index contributed by atoms with van der Waals surface area (Å²) in [7, 11) is 0. The van der Waals surface area contributed by atoms with Gasteiger partial charge in [-0.1, -0.05) is 63.3 Å². The van der Waals surface area contributed by atoms with Crippen LogP contribution in [0.15, 0.2) is 94.8 Å². The Labute approximate surface area is 195 Å². The summed E-state index contributed by atoms with van der Waals surface area (Å²) in [6.45, 7) is 9.53. The fourth-order valence-electron chi connectivity index (χ4n) is 3.90. The Bertz CT molecular complexity index is 1050. The van der Waals surface area contributed by atoms with Crippen molar-refractivity contribution in [3.05, 3.63) is 101 Å². The molecule has 1 heterocycles. The zero-order valence-corrected chi connectivity index (χ0v) is 20.0. The molecule has 2 N–H and O–H groups in total. The van der Waals surface area contributed by atoms with Gasteiger partial charge in [-0.25, -0.2) is 4.39 Å². The van der Waals surface area contributed by atoms with Crippen LogP contribution in [0, 0.1) is 0 Å². The van der Waals surface area contributed by atoms with E-state index in [1.165, 1.54) is 11.8 Å². The minimum Gasteiger partial charge on any atom is -0.490 e. The molecule has 0 aliphatic carbocycles. The van der Waals surface area contributed by atoms with E-state index in [9.17, 15) is 4.39 Å². The number of benzene rings is 2. The average Bonchev–Trinajstić information content (AvgIpc) is 2.79. The molecule has 3 rings (SSSR count). The van der Waals surface area contributed by atoms with Crippen LogP contribution >= 0.6 is 11.8 Å². The van der Waals surface area contributed by atoms with E-state index in [1.54, 1.807) is 23.9 Å². The van der Waals surface area contributed by atoms with Gasteiger partial charge >= 0.3 is 0 Å². The zero-order chi connectivity index (χ0) is 23.1. The Morgan fingerprint density at radius 2 is 1.88 bits per heavy atom. The molecular weight excluding hydrogens is 417 g/mol. The summed E-state index contributed by atoms with van der Waals surface area (Å²) in [5.74, 6) is 1.31. The molecule has 0 aromatic heterocycles. The molecule has 0 bridgehead atoms. The number of allylic oxidation sites excluding steroid dienone is 4. The van der Waals surface area contributed by atoms with E-state index in [-0.39, 0.29) is 11.9 Å². The van der Waals surface area contributed by atoms with Gasteiger partial charge in [-0.2, -0.15) is 0 Å². The second-order valence-electron chi connectivity index (χ2n) is 7.95. The van der Waals surface area contributed by atoms with Crippen molar-refractivity contribution in [1.82, 2.24) is 0 Å². The second kappa shape index (κ2) is 11.2. The second-order valence-corrected chi connectivity index (χ2v) is 8.97. The molecule has 0 fully saturated rings. The molecule has 1 aliphatic heterocycles. The van der Waals surface area contributed by atoms with Crippen molar-refractivity contribution < 1.29 is 9.13 Å². The van der Waals surface area contributed by atoms with Crippen LogP contribution in [0.2, 0.25) is 0 Å². The summed E-state index contributed by atoms with van der Waals surface area (Å²) in [5, 5.41) is 0. The van der Waals surface area contributed by atoms with Crippen LogP contribution in [0.5, 0.6) is 5.75 Å². The smallest absolute Gasteiger partial charge is 0.119 e. The van der Waals surface area contributed by atoms with Crippen molar-refractivity contribution in [2.75, 3.05) is 5.75 Å². The Balaban J connectivity index is 2.09. The fraction of sp³-hybridized carbons (Fsp3) is 0.286. The molecule has 1 atom stereocenters. The molecule has 0 amide bonds. The van der Waals surface area contributed by atoms with Gasteiger partial charge in [0, 0.05) is 21.9 Å². The van der Waals surface area contributed by atoms with Gasteiger partial charge in [0.2, 0.25) is 0 Å². The van der Waals surface area contributed by atoms with Crippen LogP contribution in [0.4, 0.5) is 4.39 Å². The van der Waals surface area contributed by atoms with E-state index in [4.69, 9.17) is 10.5 Å². The molecular formula is C28H32FNOS. The monoisotopic (exact) mass is 449 g/mol. The maximum absolute atomic E-state index is 14.7. The van der Waals surface area contributed by atoms with E-state index in [2.05, 4.69) is 44.7 Å². The lowest BCUT2D eigenvalue weighted by Crippen LogP contribution is -2.14. The number of nitrogens with two attached hydrogens (primary N) is 1. The van der Waals surface area contributed by atoms with Crippen LogP contribution in [0.3, 0.4) is 0 Å². The third kappa shape index (κ3) is 5.74. The molecule has 1 aliphatic rings. The van der Waals surface area contributed by atoms with Gasteiger partial charge in [-0.15, -0.1) is 11.8 Å². The molecule has 0 spiro atoms. The van der Waals surface area contributed by atoms with Crippen LogP contribution in [-0.2, 0) is 0 Å². The predicted octanol–water partition coefficient (Wildman–Crippen LogP) is 7.82. The van der Waals surface area contributed by atoms with E-state index in [0.717, 1.165) is 47.3 Å². The Kier molecular flexibility index (Phi) is 8.40. The van der Waals surface area contributed by atoms with Crippen LogP contribution < -0.4 is 10.5 Å². The number of hydrogen-bond donors (Lipinski definition) is 1. The van der Waals surface area contributed by atoms with Gasteiger partial charge in [-0.05, 0) is 66.3 Å². The standard InChI is InChI=1S/C28H32FNOS/c1-5-9-22(6-2)31-23-15-13-21(14-16-23)28-25-10-7-8-11-27(25)32-18-26(28)24(20(4)29)17-12-19(3)30/h7-8,10-17,22H,3,5-6,9,18,30H2,1-2,4H3/b17-12-,24-20-. The number of thioether (sulfide) groups is 1. The van der Waals surface area contributed by atoms with Crippen LogP contribution in [0.1, 0.15) is 51.2 Å². The van der Waals surface area contributed by atoms with E-state index in [0.29, 0.717) is 17.0 Å². The first-order valence-electron chi connectivity index (χ1n) is 11.2. The molecule has 0 saturated heterocycles. The third-order valence-corrected chi connectivity index (χ3v) is 6.60. The summed E-state index contributed by atoms with van der Waals surface area (Å²) in [4.78, 5) is 1.20. The molecule has 168 valence electrons. The highest BCUT2D eigenvalue weighted by molar-refractivity contribution is 7.99. The van der Waals surface area contributed by atoms with Crippen molar-refractivity contribution in [2.24, 2.45) is 5.73 Å². The first-order valence-corrected chi connectivity index (χ1v) is 12.1. The minimum absolute atomic E-state index is 0.227. The lowest BCUT2D eigenvalue weighted by atomic mass is 9.89. The van der Waals surface area contributed by atoms with Crippen LogP contribution in [-0.4, -0.2) is 11.9 Å². The third-order valence-electron chi connectivity index (χ3n) is 5.50. The number of fused-ring (bicyclic) bond motifs is 1. The van der Waals surface area contributed by atoms with Gasteiger partial charge < -0.3 is 10.5 Å². The van der Waals surface area contributed by atoms with Gasteiger partial charge in [0.1, 0.15) is 11.6 Å². The highest BCUT2D eigenvalue weighted by Crippen LogP contribution is 2.44. The number of ether oxygens (including phenoxy) is 1. The van der Waals surface area contributed by atoms with E-state index in [1.807, 2.05) is 24.3 Å². The summed E-state index contributed by atoms with van der Waals surface area (Å²) >= 11 is 1.72. The SMILES string of the molecule is C=C(N)/C=C\C(C1=C(c2ccc(OC(CC)CCC)cc2)c2ccccc2SC1)=C(/C)F. The maximum atomic E-state index is 14.7. The zero-order valence-electron chi connectivity index (χ0n) is 19.2. The molecule has 0 saturated carbocycles. The number of rotatable bonds is 9. The van der Waals surface area contributed by atoms with E-state index >= 15 is 0 Å². The first-order chi connectivity index (χ1) is 15.4. The molecule has 32 heavy (non-hydrogen) atoms. The molecule has 2 nitrogen and oxygen atoms in total. The fourth-order valence-corrected chi connectivity index (χ4v) is 5.00. The summed E-state index contributed by atoms with van der Waals surface area (Å²) in [6.07, 6.45) is 6.74. The predicted molar refractivity (Wildman–Crippen MR) is 136 cm³/mol. The molecule has 0 radical (unpaired) electrons. The Morgan fingerprint density at radius 3 is 2.50 bits per heavy atom. The minimum atomic E-state index is -0.236. The maximum Gasteiger partial charge on any atom is 0.119 e. The Hall–Kier alpha value is -2.72. The van der Waals surface area contributed by atoms with Gasteiger partial charge in [0.25, 0.3) is 0 Å². The van der Waals surface area contributed by atoms with Crippen LogP contribution in [0.25, 0.3) is 5.57 Å². The molecule has 2 aromatic carbocycles. The Morgan fingerprint density at radius 1 is 1.16 bits per heavy atom. The molecule has 4 heteroatoms. The van der Waals surface area contributed by atoms with Crippen molar-refractivity contribution in [3.63, 3.8) is 0 Å². The number of hydrogen-bond acceptors (Lipinski definition) is 3. The molecule has 1 unspecified atom stereocenters. The first kappa shape index (κ1) is 23.9. The summed E-state index contributed by atoms with van der Waals surface area (Å²) in [6, 6.07) is 16.5. The average molecular weight is 450 g/mol. The van der Waals surface area contributed by atoms with E-state index < -0.39 is 0 Å². The normalized spacial score (nSPS) is 15.4. The lowest BCUT2D eigenvalue weighted by Gasteiger charge is -2.25.